The predicted octanol–water partition coefficient (Wildman–Crippen LogP) is 2.47. The van der Waals surface area contributed by atoms with Gasteiger partial charge in [-0.25, -0.2) is 0 Å². The highest BCUT2D eigenvalue weighted by molar-refractivity contribution is 8.00. The van der Waals surface area contributed by atoms with Gasteiger partial charge in [-0.05, 0) is 38.1 Å². The zero-order valence-electron chi connectivity index (χ0n) is 14.3. The van der Waals surface area contributed by atoms with Crippen molar-refractivity contribution in [2.45, 2.75) is 24.3 Å². The Morgan fingerprint density at radius 2 is 2.00 bits per heavy atom. The number of thioether (sulfide) groups is 1. The Bertz CT molecular complexity index is 698. The van der Waals surface area contributed by atoms with Crippen molar-refractivity contribution in [2.24, 2.45) is 0 Å². The number of morpholine rings is 1. The normalized spacial score (nSPS) is 15.8. The summed E-state index contributed by atoms with van der Waals surface area (Å²) in [7, 11) is 0. The van der Waals surface area contributed by atoms with E-state index in [1.807, 2.05) is 43.0 Å². The third kappa shape index (κ3) is 4.52. The molecule has 8 heteroatoms. The summed E-state index contributed by atoms with van der Waals surface area (Å²) in [6, 6.07) is 7.46. The maximum Gasteiger partial charge on any atom is 0.277 e. The third-order valence-corrected chi connectivity index (χ3v) is 4.69. The van der Waals surface area contributed by atoms with Gasteiger partial charge in [0.1, 0.15) is 5.75 Å². The minimum absolute atomic E-state index is 0.0640. The Balaban J connectivity index is 1.61. The highest BCUT2D eigenvalue weighted by atomic mass is 32.2. The van der Waals surface area contributed by atoms with Crippen molar-refractivity contribution in [3.63, 3.8) is 0 Å². The molecule has 1 aromatic heterocycles. The van der Waals surface area contributed by atoms with E-state index in [0.717, 1.165) is 11.3 Å². The van der Waals surface area contributed by atoms with Gasteiger partial charge < -0.3 is 18.8 Å². The third-order valence-electron chi connectivity index (χ3n) is 3.77. The second-order valence-electron chi connectivity index (χ2n) is 5.53. The molecular weight excluding hydrogens is 342 g/mol. The minimum Gasteiger partial charge on any atom is -0.494 e. The lowest BCUT2D eigenvalue weighted by Crippen LogP contribution is -2.44. The van der Waals surface area contributed by atoms with Gasteiger partial charge in [0, 0.05) is 18.7 Å². The van der Waals surface area contributed by atoms with E-state index >= 15 is 0 Å². The molecule has 0 N–H and O–H groups in total. The van der Waals surface area contributed by atoms with Gasteiger partial charge in [-0.15, -0.1) is 10.2 Å². The quantitative estimate of drug-likeness (QED) is 0.730. The van der Waals surface area contributed by atoms with Crippen LogP contribution >= 0.6 is 11.8 Å². The molecule has 2 heterocycles. The molecular formula is C17H21N3O4S. The molecule has 134 valence electrons. The number of nitrogens with zero attached hydrogens (tertiary/aromatic N) is 3. The Labute approximate surface area is 150 Å². The summed E-state index contributed by atoms with van der Waals surface area (Å²) in [5.74, 6) is 1.29. The van der Waals surface area contributed by atoms with Crippen LogP contribution in [0.2, 0.25) is 0 Å². The van der Waals surface area contributed by atoms with E-state index in [0.29, 0.717) is 44.0 Å². The standard InChI is InChI=1S/C17H21N3O4S/c1-3-23-14-6-4-13(5-7-14)15-18-19-17(24-15)25-12(2)16(21)20-8-10-22-11-9-20/h4-7,12H,3,8-11H2,1-2H3/t12-/m0/s1. The van der Waals surface area contributed by atoms with E-state index in [1.54, 1.807) is 0 Å². The highest BCUT2D eigenvalue weighted by Crippen LogP contribution is 2.28. The first kappa shape index (κ1) is 17.8. The van der Waals surface area contributed by atoms with Crippen LogP contribution in [0, 0.1) is 0 Å². The first-order valence-electron chi connectivity index (χ1n) is 8.27. The molecule has 3 rings (SSSR count). The second kappa shape index (κ2) is 8.35. The highest BCUT2D eigenvalue weighted by Gasteiger charge is 2.25. The topological polar surface area (TPSA) is 77.7 Å². The molecule has 0 radical (unpaired) electrons. The van der Waals surface area contributed by atoms with Crippen LogP contribution in [0.5, 0.6) is 5.75 Å². The molecule has 1 saturated heterocycles. The lowest BCUT2D eigenvalue weighted by Gasteiger charge is -2.28. The Hall–Kier alpha value is -2.06. The van der Waals surface area contributed by atoms with Crippen LogP contribution in [0.4, 0.5) is 0 Å². The van der Waals surface area contributed by atoms with Gasteiger partial charge in [0.25, 0.3) is 5.22 Å². The zero-order chi connectivity index (χ0) is 17.6. The van der Waals surface area contributed by atoms with Gasteiger partial charge in [-0.3, -0.25) is 4.79 Å². The van der Waals surface area contributed by atoms with Crippen molar-refractivity contribution in [1.29, 1.82) is 0 Å². The van der Waals surface area contributed by atoms with E-state index in [1.165, 1.54) is 11.8 Å². The van der Waals surface area contributed by atoms with Crippen LogP contribution in [0.15, 0.2) is 33.9 Å². The molecule has 25 heavy (non-hydrogen) atoms. The van der Waals surface area contributed by atoms with Gasteiger partial charge in [0.2, 0.25) is 11.8 Å². The van der Waals surface area contributed by atoms with Gasteiger partial charge >= 0.3 is 0 Å². The molecule has 1 aromatic carbocycles. The summed E-state index contributed by atoms with van der Waals surface area (Å²) in [6.45, 7) is 6.85. The summed E-state index contributed by atoms with van der Waals surface area (Å²) < 4.78 is 16.4. The Kier molecular flexibility index (Phi) is 5.93. The maximum atomic E-state index is 12.4. The van der Waals surface area contributed by atoms with Gasteiger partial charge in [-0.1, -0.05) is 11.8 Å². The van der Waals surface area contributed by atoms with E-state index < -0.39 is 0 Å². The van der Waals surface area contributed by atoms with Gasteiger partial charge in [0.15, 0.2) is 0 Å². The smallest absolute Gasteiger partial charge is 0.277 e. The fourth-order valence-corrected chi connectivity index (χ4v) is 3.24. The van der Waals surface area contributed by atoms with Gasteiger partial charge in [-0.2, -0.15) is 0 Å². The van der Waals surface area contributed by atoms with Crippen molar-refractivity contribution in [3.8, 4) is 17.2 Å². The van der Waals surface area contributed by atoms with E-state index in [9.17, 15) is 4.79 Å². The maximum absolute atomic E-state index is 12.4. The summed E-state index contributed by atoms with van der Waals surface area (Å²) in [5.41, 5.74) is 0.815. The van der Waals surface area contributed by atoms with E-state index in [-0.39, 0.29) is 11.2 Å². The summed E-state index contributed by atoms with van der Waals surface area (Å²) in [5, 5.41) is 8.20. The fourth-order valence-electron chi connectivity index (χ4n) is 2.48. The van der Waals surface area contributed by atoms with Crippen LogP contribution in [0.1, 0.15) is 13.8 Å². The van der Waals surface area contributed by atoms with Crippen LogP contribution in [0.3, 0.4) is 0 Å². The molecule has 1 amide bonds. The largest absolute Gasteiger partial charge is 0.494 e. The number of carbonyl (C=O) groups is 1. The van der Waals surface area contributed by atoms with Crippen LogP contribution in [-0.2, 0) is 9.53 Å². The number of hydrogen-bond donors (Lipinski definition) is 0. The predicted molar refractivity (Wildman–Crippen MR) is 93.6 cm³/mol. The summed E-state index contributed by atoms with van der Waals surface area (Å²) in [6.07, 6.45) is 0. The van der Waals surface area contributed by atoms with Crippen molar-refractivity contribution in [1.82, 2.24) is 15.1 Å². The number of rotatable bonds is 6. The Morgan fingerprint density at radius 1 is 1.28 bits per heavy atom. The lowest BCUT2D eigenvalue weighted by molar-refractivity contribution is -0.134. The molecule has 2 aromatic rings. The SMILES string of the molecule is CCOc1ccc(-c2nnc(S[C@@H](C)C(=O)N3CCOCC3)o2)cc1. The van der Waals surface area contributed by atoms with Crippen molar-refractivity contribution in [2.75, 3.05) is 32.9 Å². The molecule has 1 aliphatic rings. The number of benzene rings is 1. The minimum atomic E-state index is -0.285. The second-order valence-corrected chi connectivity index (χ2v) is 6.82. The molecule has 0 unspecified atom stereocenters. The Morgan fingerprint density at radius 3 is 2.68 bits per heavy atom. The van der Waals surface area contributed by atoms with Crippen molar-refractivity contribution >= 4 is 17.7 Å². The van der Waals surface area contributed by atoms with Crippen LogP contribution in [-0.4, -0.2) is 59.2 Å². The average molecular weight is 363 g/mol. The molecule has 7 nitrogen and oxygen atoms in total. The molecule has 0 spiro atoms. The molecule has 0 bridgehead atoms. The number of hydrogen-bond acceptors (Lipinski definition) is 7. The zero-order valence-corrected chi connectivity index (χ0v) is 15.1. The number of ether oxygens (including phenoxy) is 2. The molecule has 0 saturated carbocycles. The van der Waals surface area contributed by atoms with E-state index in [2.05, 4.69) is 10.2 Å². The number of carbonyl (C=O) groups excluding carboxylic acids is 1. The van der Waals surface area contributed by atoms with Crippen molar-refractivity contribution < 1.29 is 18.7 Å². The summed E-state index contributed by atoms with van der Waals surface area (Å²) >= 11 is 1.28. The monoisotopic (exact) mass is 363 g/mol. The van der Waals surface area contributed by atoms with Crippen molar-refractivity contribution in [3.05, 3.63) is 24.3 Å². The van der Waals surface area contributed by atoms with Crippen LogP contribution < -0.4 is 4.74 Å². The molecule has 0 aliphatic carbocycles. The first-order valence-corrected chi connectivity index (χ1v) is 9.15. The molecule has 1 aliphatic heterocycles. The number of aromatic nitrogens is 2. The van der Waals surface area contributed by atoms with Crippen LogP contribution in [0.25, 0.3) is 11.5 Å². The molecule has 1 atom stereocenters. The molecule has 1 fully saturated rings. The first-order chi connectivity index (χ1) is 12.2. The average Bonchev–Trinajstić information content (AvgIpc) is 3.11. The number of amides is 1. The lowest BCUT2D eigenvalue weighted by atomic mass is 10.2. The van der Waals surface area contributed by atoms with E-state index in [4.69, 9.17) is 13.9 Å². The summed E-state index contributed by atoms with van der Waals surface area (Å²) in [4.78, 5) is 14.2. The fraction of sp³-hybridized carbons (Fsp3) is 0.471. The van der Waals surface area contributed by atoms with Gasteiger partial charge in [0.05, 0.1) is 25.1 Å².